The number of benzene rings is 1. The molecular formula is C18H27F3N2O2. The van der Waals surface area contributed by atoms with Crippen molar-refractivity contribution in [1.82, 2.24) is 10.6 Å². The number of hydrogen-bond donors (Lipinski definition) is 2. The Balaban J connectivity index is 2.49. The Morgan fingerprint density at radius 1 is 1.08 bits per heavy atom. The molecule has 0 saturated carbocycles. The van der Waals surface area contributed by atoms with Crippen LogP contribution in [0, 0.1) is 0 Å². The van der Waals surface area contributed by atoms with Crippen LogP contribution >= 0.6 is 0 Å². The van der Waals surface area contributed by atoms with Crippen LogP contribution in [0.2, 0.25) is 0 Å². The number of halogens is 3. The topological polar surface area (TPSA) is 50.4 Å². The minimum atomic E-state index is -4.37. The first-order chi connectivity index (χ1) is 11.3. The van der Waals surface area contributed by atoms with E-state index in [1.807, 2.05) is 13.8 Å². The minimum absolute atomic E-state index is 0.109. The van der Waals surface area contributed by atoms with Gasteiger partial charge in [-0.1, -0.05) is 18.2 Å². The fourth-order valence-corrected chi connectivity index (χ4v) is 2.22. The molecular weight excluding hydrogens is 333 g/mol. The molecule has 0 atom stereocenters. The summed E-state index contributed by atoms with van der Waals surface area (Å²) in [6.45, 7) is 9.56. The highest BCUT2D eigenvalue weighted by atomic mass is 19.4. The Morgan fingerprint density at radius 2 is 1.68 bits per heavy atom. The molecule has 1 aromatic carbocycles. The summed E-state index contributed by atoms with van der Waals surface area (Å²) < 4.78 is 44.0. The molecule has 0 fully saturated rings. The maximum absolute atomic E-state index is 12.9. The van der Waals surface area contributed by atoms with Crippen LogP contribution in [0.15, 0.2) is 24.3 Å². The third kappa shape index (κ3) is 8.25. The summed E-state index contributed by atoms with van der Waals surface area (Å²) in [5, 5.41) is 5.77. The lowest BCUT2D eigenvalue weighted by atomic mass is 10.0. The summed E-state index contributed by atoms with van der Waals surface area (Å²) in [5.41, 5.74) is -1.56. The van der Waals surface area contributed by atoms with Gasteiger partial charge >= 0.3 is 12.3 Å². The molecule has 2 N–H and O–H groups in total. The Hall–Kier alpha value is -1.76. The molecule has 1 amide bonds. The van der Waals surface area contributed by atoms with Crippen molar-refractivity contribution in [3.05, 3.63) is 35.4 Å². The largest absolute Gasteiger partial charge is 0.444 e. The van der Waals surface area contributed by atoms with Gasteiger partial charge in [0.1, 0.15) is 5.60 Å². The number of ether oxygens (including phenoxy) is 1. The fraction of sp³-hybridized carbons (Fsp3) is 0.611. The fourth-order valence-electron chi connectivity index (χ4n) is 2.22. The van der Waals surface area contributed by atoms with Crippen LogP contribution in [0.25, 0.3) is 0 Å². The van der Waals surface area contributed by atoms with Crippen molar-refractivity contribution < 1.29 is 22.7 Å². The highest BCUT2D eigenvalue weighted by Crippen LogP contribution is 2.31. The number of nitrogens with one attached hydrogen (secondary N) is 2. The van der Waals surface area contributed by atoms with Crippen molar-refractivity contribution in [2.45, 2.75) is 64.9 Å². The third-order valence-corrected chi connectivity index (χ3v) is 3.40. The van der Waals surface area contributed by atoms with E-state index in [0.29, 0.717) is 13.0 Å². The smallest absolute Gasteiger partial charge is 0.416 e. The van der Waals surface area contributed by atoms with Gasteiger partial charge in [0.05, 0.1) is 5.56 Å². The number of alkyl halides is 3. The standard InChI is InChI=1S/C18H27F3N2O2/c1-16(2,3)25-15(24)23-17(4,5)10-11-22-12-13-8-6-7-9-14(13)18(19,20)21/h6-9,22H,10-12H2,1-5H3,(H,23,24). The second-order valence-electron chi connectivity index (χ2n) is 7.59. The van der Waals surface area contributed by atoms with E-state index in [0.717, 1.165) is 6.07 Å². The van der Waals surface area contributed by atoms with Gasteiger partial charge in [0.15, 0.2) is 0 Å². The zero-order valence-electron chi connectivity index (χ0n) is 15.4. The number of hydrogen-bond acceptors (Lipinski definition) is 3. The van der Waals surface area contributed by atoms with E-state index in [1.54, 1.807) is 26.8 Å². The predicted molar refractivity (Wildman–Crippen MR) is 91.2 cm³/mol. The lowest BCUT2D eigenvalue weighted by molar-refractivity contribution is -0.138. The van der Waals surface area contributed by atoms with Gasteiger partial charge in [-0.05, 0) is 59.2 Å². The Labute approximate surface area is 147 Å². The van der Waals surface area contributed by atoms with Gasteiger partial charge in [0, 0.05) is 12.1 Å². The van der Waals surface area contributed by atoms with E-state index in [2.05, 4.69) is 10.6 Å². The van der Waals surface area contributed by atoms with Crippen molar-refractivity contribution in [3.63, 3.8) is 0 Å². The van der Waals surface area contributed by atoms with Crippen molar-refractivity contribution >= 4 is 6.09 Å². The van der Waals surface area contributed by atoms with Gasteiger partial charge in [0.25, 0.3) is 0 Å². The normalized spacial score (nSPS) is 12.8. The molecule has 142 valence electrons. The molecule has 0 aliphatic rings. The van der Waals surface area contributed by atoms with Crippen LogP contribution in [0.5, 0.6) is 0 Å². The molecule has 7 heteroatoms. The van der Waals surface area contributed by atoms with E-state index in [4.69, 9.17) is 4.74 Å². The summed E-state index contributed by atoms with van der Waals surface area (Å²) in [7, 11) is 0. The van der Waals surface area contributed by atoms with Crippen LogP contribution < -0.4 is 10.6 Å². The Bertz CT molecular complexity index is 578. The summed E-state index contributed by atoms with van der Waals surface area (Å²) in [6.07, 6.45) is -4.34. The molecule has 1 rings (SSSR count). The second-order valence-corrected chi connectivity index (χ2v) is 7.59. The maximum Gasteiger partial charge on any atom is 0.416 e. The molecule has 0 radical (unpaired) electrons. The van der Waals surface area contributed by atoms with E-state index in [9.17, 15) is 18.0 Å². The summed E-state index contributed by atoms with van der Waals surface area (Å²) >= 11 is 0. The van der Waals surface area contributed by atoms with Crippen LogP contribution in [0.3, 0.4) is 0 Å². The third-order valence-electron chi connectivity index (χ3n) is 3.40. The highest BCUT2D eigenvalue weighted by Gasteiger charge is 2.32. The van der Waals surface area contributed by atoms with Crippen molar-refractivity contribution in [2.75, 3.05) is 6.54 Å². The highest BCUT2D eigenvalue weighted by molar-refractivity contribution is 5.68. The van der Waals surface area contributed by atoms with Gasteiger partial charge in [-0.15, -0.1) is 0 Å². The number of amides is 1. The van der Waals surface area contributed by atoms with Crippen LogP contribution in [-0.2, 0) is 17.5 Å². The molecule has 0 aromatic heterocycles. The number of alkyl carbamates (subject to hydrolysis) is 1. The van der Waals surface area contributed by atoms with Crippen molar-refractivity contribution in [2.24, 2.45) is 0 Å². The van der Waals surface area contributed by atoms with Gasteiger partial charge < -0.3 is 15.4 Å². The van der Waals surface area contributed by atoms with Gasteiger partial charge in [0.2, 0.25) is 0 Å². The molecule has 0 heterocycles. The zero-order chi connectivity index (χ0) is 19.3. The molecule has 0 unspecified atom stereocenters. The number of carbonyl (C=O) groups is 1. The lowest BCUT2D eigenvalue weighted by Crippen LogP contribution is -2.47. The van der Waals surface area contributed by atoms with Gasteiger partial charge in [-0.2, -0.15) is 13.2 Å². The predicted octanol–water partition coefficient (Wildman–Crippen LogP) is 4.49. The molecule has 0 aliphatic carbocycles. The van der Waals surface area contributed by atoms with E-state index >= 15 is 0 Å². The number of rotatable bonds is 6. The molecule has 0 aliphatic heterocycles. The lowest BCUT2D eigenvalue weighted by Gasteiger charge is -2.28. The first-order valence-corrected chi connectivity index (χ1v) is 8.17. The van der Waals surface area contributed by atoms with Crippen molar-refractivity contribution in [1.29, 1.82) is 0 Å². The first-order valence-electron chi connectivity index (χ1n) is 8.17. The van der Waals surface area contributed by atoms with Crippen molar-refractivity contribution in [3.8, 4) is 0 Å². The minimum Gasteiger partial charge on any atom is -0.444 e. The molecule has 0 spiro atoms. The van der Waals surface area contributed by atoms with Crippen LogP contribution in [-0.4, -0.2) is 23.8 Å². The van der Waals surface area contributed by atoms with E-state index in [1.165, 1.54) is 12.1 Å². The molecule has 1 aromatic rings. The quantitative estimate of drug-likeness (QED) is 0.735. The Kier molecular flexibility index (Phi) is 6.88. The SMILES string of the molecule is CC(C)(CCNCc1ccccc1C(F)(F)F)NC(=O)OC(C)(C)C. The zero-order valence-corrected chi connectivity index (χ0v) is 15.4. The summed E-state index contributed by atoms with van der Waals surface area (Å²) in [5.74, 6) is 0. The summed E-state index contributed by atoms with van der Waals surface area (Å²) in [4.78, 5) is 11.8. The van der Waals surface area contributed by atoms with Gasteiger partial charge in [-0.25, -0.2) is 4.79 Å². The molecule has 25 heavy (non-hydrogen) atoms. The maximum atomic E-state index is 12.9. The molecule has 0 saturated heterocycles. The Morgan fingerprint density at radius 3 is 2.24 bits per heavy atom. The van der Waals surface area contributed by atoms with Gasteiger partial charge in [-0.3, -0.25) is 0 Å². The van der Waals surface area contributed by atoms with E-state index < -0.39 is 29.0 Å². The second kappa shape index (κ2) is 8.08. The number of carbonyl (C=O) groups excluding carboxylic acids is 1. The van der Waals surface area contributed by atoms with E-state index in [-0.39, 0.29) is 12.1 Å². The first kappa shape index (κ1) is 21.3. The average Bonchev–Trinajstić information content (AvgIpc) is 2.40. The monoisotopic (exact) mass is 360 g/mol. The molecule has 4 nitrogen and oxygen atoms in total. The molecule has 0 bridgehead atoms. The summed E-state index contributed by atoms with van der Waals surface area (Å²) in [6, 6.07) is 5.49. The van der Waals surface area contributed by atoms with Crippen LogP contribution in [0.1, 0.15) is 52.2 Å². The van der Waals surface area contributed by atoms with Crippen LogP contribution in [0.4, 0.5) is 18.0 Å². The average molecular weight is 360 g/mol.